The van der Waals surface area contributed by atoms with Gasteiger partial charge in [0.2, 0.25) is 5.95 Å². The van der Waals surface area contributed by atoms with Crippen LogP contribution in [0.25, 0.3) is 0 Å². The van der Waals surface area contributed by atoms with E-state index >= 15 is 0 Å². The van der Waals surface area contributed by atoms with Gasteiger partial charge in [0, 0.05) is 24.1 Å². The first-order valence-corrected chi connectivity index (χ1v) is 10.4. The van der Waals surface area contributed by atoms with E-state index in [1.807, 2.05) is 11.1 Å². The average molecular weight is 411 g/mol. The quantitative estimate of drug-likeness (QED) is 0.805. The maximum absolute atomic E-state index is 13.5. The fourth-order valence-corrected chi connectivity index (χ4v) is 3.66. The van der Waals surface area contributed by atoms with Gasteiger partial charge in [-0.2, -0.15) is 5.10 Å². The molecule has 1 saturated heterocycles. The van der Waals surface area contributed by atoms with Crippen molar-refractivity contribution < 1.29 is 13.9 Å². The van der Waals surface area contributed by atoms with Crippen LogP contribution in [0.2, 0.25) is 0 Å². The molecule has 158 valence electrons. The second kappa shape index (κ2) is 7.59. The minimum absolute atomic E-state index is 0.0122. The summed E-state index contributed by atoms with van der Waals surface area (Å²) in [5.41, 5.74) is 2.45. The number of rotatable bonds is 5. The van der Waals surface area contributed by atoms with Crippen molar-refractivity contribution >= 4 is 17.3 Å². The Morgan fingerprint density at radius 3 is 2.53 bits per heavy atom. The van der Waals surface area contributed by atoms with Crippen molar-refractivity contribution in [2.24, 2.45) is 10.5 Å². The molecule has 1 aromatic carbocycles. The van der Waals surface area contributed by atoms with Crippen LogP contribution in [0, 0.1) is 11.2 Å². The van der Waals surface area contributed by atoms with Crippen molar-refractivity contribution in [3.05, 3.63) is 48.0 Å². The summed E-state index contributed by atoms with van der Waals surface area (Å²) in [6, 6.07) is 8.57. The largest absolute Gasteiger partial charge is 0.351 e. The topological polar surface area (TPSA) is 71.9 Å². The van der Waals surface area contributed by atoms with Gasteiger partial charge in [0.25, 0.3) is 0 Å². The van der Waals surface area contributed by atoms with Crippen LogP contribution < -0.4 is 10.3 Å². The van der Waals surface area contributed by atoms with Gasteiger partial charge < -0.3 is 14.8 Å². The van der Waals surface area contributed by atoms with Gasteiger partial charge in [0.15, 0.2) is 6.29 Å². The molecule has 0 amide bonds. The predicted molar refractivity (Wildman–Crippen MR) is 112 cm³/mol. The Hall–Kier alpha value is -2.58. The lowest BCUT2D eigenvalue weighted by Crippen LogP contribution is -2.41. The van der Waals surface area contributed by atoms with Gasteiger partial charge in [0.05, 0.1) is 30.3 Å². The van der Waals surface area contributed by atoms with E-state index in [1.54, 1.807) is 18.3 Å². The molecule has 3 aliphatic rings. The van der Waals surface area contributed by atoms with Crippen molar-refractivity contribution in [3.8, 4) is 0 Å². The SMILES string of the molecule is CC1(C)COC(C2=NN(c3ccc(F)cc3)C(c3ccnc(NC4CC4)n3)C2)OC1. The Kier molecular flexibility index (Phi) is 4.91. The van der Waals surface area contributed by atoms with E-state index in [2.05, 4.69) is 24.1 Å². The monoisotopic (exact) mass is 411 g/mol. The Labute approximate surface area is 175 Å². The van der Waals surface area contributed by atoms with Gasteiger partial charge in [-0.25, -0.2) is 14.4 Å². The minimum Gasteiger partial charge on any atom is -0.351 e. The molecule has 0 bridgehead atoms. The molecule has 1 saturated carbocycles. The summed E-state index contributed by atoms with van der Waals surface area (Å²) in [5, 5.41) is 10.0. The number of anilines is 2. The summed E-state index contributed by atoms with van der Waals surface area (Å²) < 4.78 is 25.4. The number of nitrogens with one attached hydrogen (secondary N) is 1. The van der Waals surface area contributed by atoms with E-state index in [-0.39, 0.29) is 17.3 Å². The summed E-state index contributed by atoms with van der Waals surface area (Å²) in [4.78, 5) is 9.09. The predicted octanol–water partition coefficient (Wildman–Crippen LogP) is 3.90. The third-order valence-corrected chi connectivity index (χ3v) is 5.48. The van der Waals surface area contributed by atoms with Gasteiger partial charge >= 0.3 is 0 Å². The normalized spacial score (nSPS) is 24.0. The molecule has 1 N–H and O–H groups in total. The second-order valence-electron chi connectivity index (χ2n) is 8.97. The third kappa shape index (κ3) is 4.15. The molecule has 1 aliphatic carbocycles. The molecule has 30 heavy (non-hydrogen) atoms. The number of hydrazone groups is 1. The Balaban J connectivity index is 1.43. The second-order valence-corrected chi connectivity index (χ2v) is 8.97. The smallest absolute Gasteiger partial charge is 0.223 e. The Morgan fingerprint density at radius 2 is 1.83 bits per heavy atom. The van der Waals surface area contributed by atoms with Gasteiger partial charge in [-0.3, -0.25) is 5.01 Å². The molecule has 1 aromatic heterocycles. The fraction of sp³-hybridized carbons (Fsp3) is 0.500. The molecule has 2 aliphatic heterocycles. The number of halogens is 1. The maximum Gasteiger partial charge on any atom is 0.223 e. The van der Waals surface area contributed by atoms with Gasteiger partial charge in [-0.05, 0) is 43.2 Å². The van der Waals surface area contributed by atoms with Gasteiger partial charge in [-0.1, -0.05) is 13.8 Å². The Morgan fingerprint density at radius 1 is 1.10 bits per heavy atom. The van der Waals surface area contributed by atoms with Crippen molar-refractivity contribution in [1.82, 2.24) is 9.97 Å². The van der Waals surface area contributed by atoms with E-state index in [4.69, 9.17) is 19.6 Å². The van der Waals surface area contributed by atoms with Gasteiger partial charge in [0.1, 0.15) is 11.9 Å². The van der Waals surface area contributed by atoms with Crippen LogP contribution in [-0.4, -0.2) is 41.2 Å². The summed E-state index contributed by atoms with van der Waals surface area (Å²) in [6.07, 6.45) is 4.21. The molecule has 3 heterocycles. The molecular weight excluding hydrogens is 385 g/mol. The zero-order chi connectivity index (χ0) is 20.7. The molecular formula is C22H26FN5O2. The number of hydrogen-bond acceptors (Lipinski definition) is 7. The first-order valence-electron chi connectivity index (χ1n) is 10.4. The van der Waals surface area contributed by atoms with E-state index in [1.165, 1.54) is 12.1 Å². The summed E-state index contributed by atoms with van der Waals surface area (Å²) in [6.45, 7) is 5.45. The lowest BCUT2D eigenvalue weighted by atomic mass is 9.95. The van der Waals surface area contributed by atoms with Crippen LogP contribution >= 0.6 is 0 Å². The highest BCUT2D eigenvalue weighted by atomic mass is 19.1. The van der Waals surface area contributed by atoms with E-state index in [0.29, 0.717) is 31.6 Å². The molecule has 7 nitrogen and oxygen atoms in total. The molecule has 8 heteroatoms. The van der Waals surface area contributed by atoms with Crippen LogP contribution in [0.5, 0.6) is 0 Å². The maximum atomic E-state index is 13.5. The standard InChI is InChI=1S/C22H26FN5O2/c1-22(2)12-29-20(30-13-22)18-11-19(28(27-18)16-7-3-14(23)4-8-16)17-9-10-24-21(26-17)25-15-5-6-15/h3-4,7-10,15,19-20H,5-6,11-13H2,1-2H3,(H,24,25,26). The highest BCUT2D eigenvalue weighted by Gasteiger charge is 2.38. The number of hydrogen-bond donors (Lipinski definition) is 1. The van der Waals surface area contributed by atoms with Crippen molar-refractivity contribution in [3.63, 3.8) is 0 Å². The molecule has 2 fully saturated rings. The first-order chi connectivity index (χ1) is 14.5. The molecule has 0 radical (unpaired) electrons. The fourth-order valence-electron chi connectivity index (χ4n) is 3.66. The first kappa shape index (κ1) is 19.4. The number of aromatic nitrogens is 2. The molecule has 0 spiro atoms. The van der Waals surface area contributed by atoms with Gasteiger partial charge in [-0.15, -0.1) is 0 Å². The average Bonchev–Trinajstić information content (AvgIpc) is 3.43. The lowest BCUT2D eigenvalue weighted by molar-refractivity contribution is -0.187. The molecule has 5 rings (SSSR count). The summed E-state index contributed by atoms with van der Waals surface area (Å²) >= 11 is 0. The zero-order valence-corrected chi connectivity index (χ0v) is 17.2. The highest BCUT2D eigenvalue weighted by molar-refractivity contribution is 5.91. The number of ether oxygens (including phenoxy) is 2. The van der Waals surface area contributed by atoms with E-state index in [9.17, 15) is 4.39 Å². The van der Waals surface area contributed by atoms with Crippen LogP contribution in [0.15, 0.2) is 41.6 Å². The summed E-state index contributed by atoms with van der Waals surface area (Å²) in [5.74, 6) is 0.354. The number of nitrogens with zero attached hydrogens (tertiary/aromatic N) is 4. The Bertz CT molecular complexity index is 935. The molecule has 1 unspecified atom stereocenters. The van der Waals surface area contributed by atoms with Crippen LogP contribution in [0.4, 0.5) is 16.0 Å². The minimum atomic E-state index is -0.475. The molecule has 1 atom stereocenters. The third-order valence-electron chi connectivity index (χ3n) is 5.48. The van der Waals surface area contributed by atoms with Crippen molar-refractivity contribution in [2.45, 2.75) is 51.5 Å². The summed E-state index contributed by atoms with van der Waals surface area (Å²) in [7, 11) is 0. The van der Waals surface area contributed by atoms with Crippen molar-refractivity contribution in [1.29, 1.82) is 0 Å². The number of benzene rings is 1. The van der Waals surface area contributed by atoms with Crippen LogP contribution in [-0.2, 0) is 9.47 Å². The molecule has 2 aromatic rings. The zero-order valence-electron chi connectivity index (χ0n) is 17.2. The lowest BCUT2D eigenvalue weighted by Gasteiger charge is -2.34. The van der Waals surface area contributed by atoms with Crippen LogP contribution in [0.1, 0.15) is 44.8 Å². The van der Waals surface area contributed by atoms with E-state index in [0.717, 1.165) is 29.9 Å². The van der Waals surface area contributed by atoms with Crippen LogP contribution in [0.3, 0.4) is 0 Å². The van der Waals surface area contributed by atoms with Crippen molar-refractivity contribution in [2.75, 3.05) is 23.5 Å². The van der Waals surface area contributed by atoms with E-state index < -0.39 is 6.29 Å². The highest BCUT2D eigenvalue weighted by Crippen LogP contribution is 2.37.